The van der Waals surface area contributed by atoms with Gasteiger partial charge >= 0.3 is 0 Å². The number of aromatic hydroxyl groups is 1. The number of para-hydroxylation sites is 2. The van der Waals surface area contributed by atoms with Crippen molar-refractivity contribution >= 4 is 17.3 Å². The predicted octanol–water partition coefficient (Wildman–Crippen LogP) is 4.18. The van der Waals surface area contributed by atoms with E-state index in [2.05, 4.69) is 5.32 Å². The number of benzene rings is 3. The molecule has 1 aliphatic heterocycles. The summed E-state index contributed by atoms with van der Waals surface area (Å²) in [5.41, 5.74) is 2.50. The Morgan fingerprint density at radius 3 is 2.39 bits per heavy atom. The van der Waals surface area contributed by atoms with Crippen molar-refractivity contribution in [3.63, 3.8) is 0 Å². The minimum Gasteiger partial charge on any atom is -0.504 e. The fourth-order valence-corrected chi connectivity index (χ4v) is 3.40. The molecule has 0 fully saturated rings. The highest BCUT2D eigenvalue weighted by Gasteiger charge is 2.35. The van der Waals surface area contributed by atoms with Crippen LogP contribution in [0.25, 0.3) is 0 Å². The van der Waals surface area contributed by atoms with Crippen LogP contribution in [0.15, 0.2) is 66.7 Å². The third-order valence-electron chi connectivity index (χ3n) is 4.82. The first-order valence-electron chi connectivity index (χ1n) is 8.83. The number of anilines is 2. The van der Waals surface area contributed by atoms with Crippen molar-refractivity contribution in [2.24, 2.45) is 0 Å². The van der Waals surface area contributed by atoms with E-state index in [1.165, 1.54) is 7.11 Å². The lowest BCUT2D eigenvalue weighted by Crippen LogP contribution is -2.43. The van der Waals surface area contributed by atoms with Gasteiger partial charge in [0.2, 0.25) is 0 Å². The van der Waals surface area contributed by atoms with Crippen LogP contribution >= 0.6 is 0 Å². The summed E-state index contributed by atoms with van der Waals surface area (Å²) in [6.45, 7) is 0. The fourth-order valence-electron chi connectivity index (χ4n) is 3.40. The number of phenolic OH excluding ortho intramolecular Hbond substituents is 1. The van der Waals surface area contributed by atoms with Crippen LogP contribution < -0.4 is 19.7 Å². The Kier molecular flexibility index (Phi) is 4.53. The summed E-state index contributed by atoms with van der Waals surface area (Å²) in [7, 11) is 3.09. The maximum absolute atomic E-state index is 13.4. The van der Waals surface area contributed by atoms with Gasteiger partial charge in [0.25, 0.3) is 5.91 Å². The van der Waals surface area contributed by atoms with Gasteiger partial charge in [-0.1, -0.05) is 24.3 Å². The Morgan fingerprint density at radius 1 is 0.929 bits per heavy atom. The molecule has 4 rings (SSSR count). The van der Waals surface area contributed by atoms with Crippen molar-refractivity contribution in [2.45, 2.75) is 6.17 Å². The summed E-state index contributed by atoms with van der Waals surface area (Å²) >= 11 is 0. The molecule has 3 aromatic carbocycles. The molecule has 1 aliphatic rings. The van der Waals surface area contributed by atoms with E-state index in [1.807, 2.05) is 30.3 Å². The second kappa shape index (κ2) is 7.15. The molecule has 1 heterocycles. The highest BCUT2D eigenvalue weighted by Crippen LogP contribution is 2.42. The second-order valence-electron chi connectivity index (χ2n) is 6.36. The van der Waals surface area contributed by atoms with E-state index >= 15 is 0 Å². The first-order valence-corrected chi connectivity index (χ1v) is 8.83. The van der Waals surface area contributed by atoms with E-state index < -0.39 is 6.17 Å². The summed E-state index contributed by atoms with van der Waals surface area (Å²) in [6.07, 6.45) is -0.606. The van der Waals surface area contributed by atoms with Crippen molar-refractivity contribution in [1.82, 2.24) is 0 Å². The van der Waals surface area contributed by atoms with Gasteiger partial charge in [-0.05, 0) is 42.5 Å². The summed E-state index contributed by atoms with van der Waals surface area (Å²) < 4.78 is 10.5. The van der Waals surface area contributed by atoms with Crippen molar-refractivity contribution in [3.8, 4) is 17.2 Å². The van der Waals surface area contributed by atoms with Crippen molar-refractivity contribution in [3.05, 3.63) is 77.9 Å². The molecule has 0 aromatic heterocycles. The Labute approximate surface area is 162 Å². The van der Waals surface area contributed by atoms with Crippen LogP contribution in [0.4, 0.5) is 11.4 Å². The summed E-state index contributed by atoms with van der Waals surface area (Å²) in [5.74, 6) is 0.877. The zero-order valence-electron chi connectivity index (χ0n) is 15.5. The molecule has 0 saturated carbocycles. The molecule has 0 aliphatic carbocycles. The highest BCUT2D eigenvalue weighted by atomic mass is 16.5. The van der Waals surface area contributed by atoms with Crippen LogP contribution in [0, 0.1) is 0 Å². The van der Waals surface area contributed by atoms with Gasteiger partial charge in [-0.25, -0.2) is 0 Å². The number of amides is 1. The third-order valence-corrected chi connectivity index (χ3v) is 4.82. The number of hydrogen-bond donors (Lipinski definition) is 2. The van der Waals surface area contributed by atoms with Crippen LogP contribution in [0.5, 0.6) is 17.2 Å². The molecule has 0 saturated heterocycles. The lowest BCUT2D eigenvalue weighted by atomic mass is 10.0. The van der Waals surface area contributed by atoms with Gasteiger partial charge in [0.05, 0.1) is 19.8 Å². The van der Waals surface area contributed by atoms with Gasteiger partial charge in [0, 0.05) is 16.9 Å². The molecule has 1 atom stereocenters. The monoisotopic (exact) mass is 376 g/mol. The number of phenols is 1. The maximum atomic E-state index is 13.4. The molecule has 1 amide bonds. The van der Waals surface area contributed by atoms with E-state index in [1.54, 1.807) is 48.4 Å². The van der Waals surface area contributed by atoms with Crippen molar-refractivity contribution < 1.29 is 19.4 Å². The van der Waals surface area contributed by atoms with Crippen LogP contribution in [0.1, 0.15) is 22.1 Å². The molecule has 6 nitrogen and oxygen atoms in total. The Morgan fingerprint density at radius 2 is 1.68 bits per heavy atom. The zero-order chi connectivity index (χ0) is 19.7. The molecular weight excluding hydrogens is 356 g/mol. The summed E-state index contributed by atoms with van der Waals surface area (Å²) in [5, 5.41) is 14.1. The van der Waals surface area contributed by atoms with Crippen LogP contribution in [-0.4, -0.2) is 25.2 Å². The number of nitrogens with one attached hydrogen (secondary N) is 1. The molecule has 2 N–H and O–H groups in total. The first kappa shape index (κ1) is 17.7. The van der Waals surface area contributed by atoms with E-state index in [4.69, 9.17) is 9.47 Å². The van der Waals surface area contributed by atoms with Gasteiger partial charge in [0.15, 0.2) is 11.5 Å². The molecule has 0 spiro atoms. The standard InChI is InChI=1S/C22H20N2O4/c1-27-15-12-10-14(11-13-15)24-21(17-7-5-9-19(28-2)20(17)25)23-18-8-4-3-6-16(18)22(24)26/h3-13,21,23,25H,1-2H3/t21-/m0/s1. The van der Waals surface area contributed by atoms with E-state index in [0.717, 1.165) is 0 Å². The second-order valence-corrected chi connectivity index (χ2v) is 6.36. The summed E-state index contributed by atoms with van der Waals surface area (Å²) in [6, 6.07) is 19.8. The van der Waals surface area contributed by atoms with Gasteiger partial charge in [0.1, 0.15) is 11.9 Å². The number of ether oxygens (including phenoxy) is 2. The minimum absolute atomic E-state index is 0.00630. The normalized spacial score (nSPS) is 15.6. The molecule has 142 valence electrons. The predicted molar refractivity (Wildman–Crippen MR) is 107 cm³/mol. The van der Waals surface area contributed by atoms with Crippen LogP contribution in [0.2, 0.25) is 0 Å². The number of hydrogen-bond acceptors (Lipinski definition) is 5. The Balaban J connectivity index is 1.87. The quantitative estimate of drug-likeness (QED) is 0.715. The Hall–Kier alpha value is -3.67. The lowest BCUT2D eigenvalue weighted by Gasteiger charge is -2.38. The molecule has 0 bridgehead atoms. The average molecular weight is 376 g/mol. The maximum Gasteiger partial charge on any atom is 0.262 e. The fraction of sp³-hybridized carbons (Fsp3) is 0.136. The smallest absolute Gasteiger partial charge is 0.262 e. The highest BCUT2D eigenvalue weighted by molar-refractivity contribution is 6.12. The van der Waals surface area contributed by atoms with E-state index in [0.29, 0.717) is 34.0 Å². The zero-order valence-corrected chi connectivity index (χ0v) is 15.5. The SMILES string of the molecule is COc1ccc(N2C(=O)c3ccccc3N[C@@H]2c2cccc(OC)c2O)cc1. The molecule has 6 heteroatoms. The lowest BCUT2D eigenvalue weighted by molar-refractivity contribution is 0.0974. The number of fused-ring (bicyclic) bond motifs is 1. The molecule has 28 heavy (non-hydrogen) atoms. The average Bonchev–Trinajstić information content (AvgIpc) is 2.74. The van der Waals surface area contributed by atoms with Gasteiger partial charge in [-0.15, -0.1) is 0 Å². The Bertz CT molecular complexity index is 1020. The van der Waals surface area contributed by atoms with Crippen LogP contribution in [0.3, 0.4) is 0 Å². The molecule has 0 unspecified atom stereocenters. The van der Waals surface area contributed by atoms with E-state index in [9.17, 15) is 9.90 Å². The van der Waals surface area contributed by atoms with E-state index in [-0.39, 0.29) is 11.7 Å². The molecular formula is C22H20N2O4. The number of methoxy groups -OCH3 is 2. The van der Waals surface area contributed by atoms with Crippen LogP contribution in [-0.2, 0) is 0 Å². The number of carbonyl (C=O) groups is 1. The topological polar surface area (TPSA) is 71.0 Å². The minimum atomic E-state index is -0.606. The summed E-state index contributed by atoms with van der Waals surface area (Å²) in [4.78, 5) is 15.0. The van der Waals surface area contributed by atoms with Crippen molar-refractivity contribution in [1.29, 1.82) is 0 Å². The molecule has 3 aromatic rings. The van der Waals surface area contributed by atoms with Gasteiger partial charge in [-0.3, -0.25) is 9.69 Å². The third kappa shape index (κ3) is 2.89. The molecule has 0 radical (unpaired) electrons. The van der Waals surface area contributed by atoms with Crippen molar-refractivity contribution in [2.75, 3.05) is 24.4 Å². The number of nitrogens with zero attached hydrogens (tertiary/aromatic N) is 1. The van der Waals surface area contributed by atoms with Gasteiger partial charge in [-0.2, -0.15) is 0 Å². The number of carbonyl (C=O) groups excluding carboxylic acids is 1. The van der Waals surface area contributed by atoms with Gasteiger partial charge < -0.3 is 19.9 Å². The first-order chi connectivity index (χ1) is 13.6. The number of rotatable bonds is 4. The largest absolute Gasteiger partial charge is 0.504 e.